The number of aromatic nitrogens is 2. The van der Waals surface area contributed by atoms with Gasteiger partial charge in [0.25, 0.3) is 5.91 Å². The summed E-state index contributed by atoms with van der Waals surface area (Å²) in [5.74, 6) is 0.489. The second-order valence-corrected chi connectivity index (χ2v) is 7.35. The Hall–Kier alpha value is -2.50. The molecule has 2 fully saturated rings. The van der Waals surface area contributed by atoms with Gasteiger partial charge < -0.3 is 9.80 Å². The SMILES string of the molecule is O=C(c1cccc(-c2ncc(F)c(N3CCCC3)n2)c1)N1CCCCCC1. The fraction of sp³-hybridized carbons (Fsp3) is 0.476. The van der Waals surface area contributed by atoms with Crippen molar-refractivity contribution in [3.63, 3.8) is 0 Å². The molecule has 0 bridgehead atoms. The molecule has 1 aromatic heterocycles. The minimum absolute atomic E-state index is 0.0561. The summed E-state index contributed by atoms with van der Waals surface area (Å²) in [5, 5.41) is 0. The molecular weight excluding hydrogens is 343 g/mol. The van der Waals surface area contributed by atoms with Crippen LogP contribution in [0.15, 0.2) is 30.5 Å². The third-order valence-electron chi connectivity index (χ3n) is 5.39. The van der Waals surface area contributed by atoms with Crippen LogP contribution in [0.5, 0.6) is 0 Å². The molecule has 1 aromatic carbocycles. The summed E-state index contributed by atoms with van der Waals surface area (Å²) in [6.45, 7) is 3.27. The van der Waals surface area contributed by atoms with Gasteiger partial charge in [-0.3, -0.25) is 4.79 Å². The van der Waals surface area contributed by atoms with Crippen molar-refractivity contribution in [3.05, 3.63) is 41.8 Å². The van der Waals surface area contributed by atoms with Gasteiger partial charge in [0.15, 0.2) is 17.5 Å². The molecule has 2 saturated heterocycles. The van der Waals surface area contributed by atoms with Gasteiger partial charge >= 0.3 is 0 Å². The van der Waals surface area contributed by atoms with Gasteiger partial charge in [-0.05, 0) is 37.8 Å². The number of hydrogen-bond donors (Lipinski definition) is 0. The van der Waals surface area contributed by atoms with Gasteiger partial charge in [0.05, 0.1) is 6.20 Å². The highest BCUT2D eigenvalue weighted by molar-refractivity contribution is 5.95. The minimum Gasteiger partial charge on any atom is -0.354 e. The third-order valence-corrected chi connectivity index (χ3v) is 5.39. The Balaban J connectivity index is 1.60. The second-order valence-electron chi connectivity index (χ2n) is 7.35. The lowest BCUT2D eigenvalue weighted by molar-refractivity contribution is 0.0761. The van der Waals surface area contributed by atoms with Crippen molar-refractivity contribution in [2.75, 3.05) is 31.1 Å². The Kier molecular flexibility index (Phi) is 5.32. The van der Waals surface area contributed by atoms with Crippen molar-refractivity contribution in [2.24, 2.45) is 0 Å². The summed E-state index contributed by atoms with van der Waals surface area (Å²) in [7, 11) is 0. The number of amides is 1. The molecule has 142 valence electrons. The molecule has 2 aliphatic rings. The highest BCUT2D eigenvalue weighted by Crippen LogP contribution is 2.25. The number of halogens is 1. The summed E-state index contributed by atoms with van der Waals surface area (Å²) in [6, 6.07) is 7.39. The molecule has 0 unspecified atom stereocenters. The van der Waals surface area contributed by atoms with Crippen molar-refractivity contribution in [3.8, 4) is 11.4 Å². The average molecular weight is 368 g/mol. The fourth-order valence-electron chi connectivity index (χ4n) is 3.90. The van der Waals surface area contributed by atoms with E-state index >= 15 is 0 Å². The predicted octanol–water partition coefficient (Wildman–Crippen LogP) is 3.90. The van der Waals surface area contributed by atoms with E-state index < -0.39 is 5.82 Å². The van der Waals surface area contributed by atoms with Crippen LogP contribution in [-0.4, -0.2) is 47.0 Å². The van der Waals surface area contributed by atoms with Crippen molar-refractivity contribution >= 4 is 11.7 Å². The molecule has 6 heteroatoms. The molecule has 1 amide bonds. The van der Waals surface area contributed by atoms with Crippen LogP contribution in [0.3, 0.4) is 0 Å². The molecule has 5 nitrogen and oxygen atoms in total. The topological polar surface area (TPSA) is 49.3 Å². The summed E-state index contributed by atoms with van der Waals surface area (Å²) < 4.78 is 14.2. The summed E-state index contributed by atoms with van der Waals surface area (Å²) >= 11 is 0. The smallest absolute Gasteiger partial charge is 0.253 e. The molecule has 27 heavy (non-hydrogen) atoms. The Morgan fingerprint density at radius 2 is 1.67 bits per heavy atom. The first-order valence-corrected chi connectivity index (χ1v) is 9.89. The molecule has 3 heterocycles. The van der Waals surface area contributed by atoms with Crippen LogP contribution in [0, 0.1) is 5.82 Å². The van der Waals surface area contributed by atoms with Crippen LogP contribution < -0.4 is 4.90 Å². The van der Waals surface area contributed by atoms with Gasteiger partial charge in [-0.15, -0.1) is 0 Å². The highest BCUT2D eigenvalue weighted by Gasteiger charge is 2.21. The van der Waals surface area contributed by atoms with E-state index in [2.05, 4.69) is 9.97 Å². The largest absolute Gasteiger partial charge is 0.354 e. The number of carbonyl (C=O) groups excluding carboxylic acids is 1. The number of benzene rings is 1. The van der Waals surface area contributed by atoms with Crippen LogP contribution in [0.2, 0.25) is 0 Å². The summed E-state index contributed by atoms with van der Waals surface area (Å²) in [5.41, 5.74) is 1.39. The maximum absolute atomic E-state index is 14.2. The van der Waals surface area contributed by atoms with Crippen molar-refractivity contribution in [2.45, 2.75) is 38.5 Å². The predicted molar refractivity (Wildman–Crippen MR) is 103 cm³/mol. The third kappa shape index (κ3) is 3.94. The van der Waals surface area contributed by atoms with Crippen LogP contribution in [-0.2, 0) is 0 Å². The van der Waals surface area contributed by atoms with Gasteiger partial charge in [0, 0.05) is 37.3 Å². The first-order chi connectivity index (χ1) is 13.2. The molecule has 0 N–H and O–H groups in total. The van der Waals surface area contributed by atoms with E-state index in [9.17, 15) is 9.18 Å². The van der Waals surface area contributed by atoms with E-state index in [1.807, 2.05) is 34.1 Å². The molecule has 0 spiro atoms. The fourth-order valence-corrected chi connectivity index (χ4v) is 3.90. The Labute approximate surface area is 159 Å². The lowest BCUT2D eigenvalue weighted by Crippen LogP contribution is -2.31. The number of likely N-dealkylation sites (tertiary alicyclic amines) is 1. The molecule has 2 aliphatic heterocycles. The Morgan fingerprint density at radius 1 is 0.963 bits per heavy atom. The van der Waals surface area contributed by atoms with E-state index in [1.54, 1.807) is 0 Å². The molecule has 0 saturated carbocycles. The van der Waals surface area contributed by atoms with Gasteiger partial charge in [-0.25, -0.2) is 14.4 Å². The zero-order valence-corrected chi connectivity index (χ0v) is 15.5. The van der Waals surface area contributed by atoms with Crippen LogP contribution >= 0.6 is 0 Å². The Morgan fingerprint density at radius 3 is 2.41 bits per heavy atom. The van der Waals surface area contributed by atoms with E-state index in [1.165, 1.54) is 19.0 Å². The monoisotopic (exact) mass is 368 g/mol. The molecule has 4 rings (SSSR count). The first kappa shape index (κ1) is 17.9. The minimum atomic E-state index is -0.391. The number of nitrogens with zero attached hydrogens (tertiary/aromatic N) is 4. The molecule has 2 aromatic rings. The maximum Gasteiger partial charge on any atom is 0.253 e. The lowest BCUT2D eigenvalue weighted by atomic mass is 10.1. The van der Waals surface area contributed by atoms with Gasteiger partial charge in [0.1, 0.15) is 0 Å². The van der Waals surface area contributed by atoms with E-state index in [0.29, 0.717) is 17.2 Å². The van der Waals surface area contributed by atoms with Crippen LogP contribution in [0.4, 0.5) is 10.2 Å². The van der Waals surface area contributed by atoms with E-state index in [0.717, 1.165) is 57.4 Å². The zero-order chi connectivity index (χ0) is 18.6. The standard InChI is InChI=1S/C21H25FN4O/c22-18-15-23-19(24-20(18)25-10-5-6-11-25)16-8-7-9-17(14-16)21(27)26-12-3-1-2-4-13-26/h7-9,14-15H,1-6,10-13H2. The second kappa shape index (κ2) is 8.03. The Bertz CT molecular complexity index is 812. The van der Waals surface area contributed by atoms with E-state index in [4.69, 9.17) is 0 Å². The number of anilines is 1. The highest BCUT2D eigenvalue weighted by atomic mass is 19.1. The summed E-state index contributed by atoms with van der Waals surface area (Å²) in [6.07, 6.45) is 7.84. The van der Waals surface area contributed by atoms with Crippen molar-refractivity contribution in [1.29, 1.82) is 0 Å². The average Bonchev–Trinajstić information content (AvgIpc) is 3.10. The van der Waals surface area contributed by atoms with E-state index in [-0.39, 0.29) is 5.91 Å². The quantitative estimate of drug-likeness (QED) is 0.824. The zero-order valence-electron chi connectivity index (χ0n) is 15.5. The number of rotatable bonds is 3. The normalized spacial score (nSPS) is 17.8. The number of hydrogen-bond acceptors (Lipinski definition) is 4. The van der Waals surface area contributed by atoms with Gasteiger partial charge in [-0.2, -0.15) is 0 Å². The molecule has 0 aliphatic carbocycles. The number of carbonyl (C=O) groups is 1. The van der Waals surface area contributed by atoms with Crippen LogP contribution in [0.1, 0.15) is 48.9 Å². The molecule has 0 atom stereocenters. The van der Waals surface area contributed by atoms with Crippen molar-refractivity contribution in [1.82, 2.24) is 14.9 Å². The van der Waals surface area contributed by atoms with Crippen molar-refractivity contribution < 1.29 is 9.18 Å². The lowest BCUT2D eigenvalue weighted by Gasteiger charge is -2.20. The van der Waals surface area contributed by atoms with Gasteiger partial charge in [-0.1, -0.05) is 25.0 Å². The maximum atomic E-state index is 14.2. The van der Waals surface area contributed by atoms with Crippen LogP contribution in [0.25, 0.3) is 11.4 Å². The molecular formula is C21H25FN4O. The van der Waals surface area contributed by atoms with Gasteiger partial charge in [0.2, 0.25) is 0 Å². The first-order valence-electron chi connectivity index (χ1n) is 9.89. The summed E-state index contributed by atoms with van der Waals surface area (Å²) in [4.78, 5) is 25.4. The molecule has 0 radical (unpaired) electrons.